The summed E-state index contributed by atoms with van der Waals surface area (Å²) in [6.45, 7) is 4.21. The molecule has 26 heavy (non-hydrogen) atoms. The van der Waals surface area contributed by atoms with E-state index in [0.717, 1.165) is 42.4 Å². The lowest BCUT2D eigenvalue weighted by atomic mass is 10.2. The molecular weight excluding hydrogens is 348 g/mol. The van der Waals surface area contributed by atoms with Crippen molar-refractivity contribution < 1.29 is 9.90 Å². The molecule has 1 saturated heterocycles. The van der Waals surface area contributed by atoms with Crippen molar-refractivity contribution in [3.63, 3.8) is 0 Å². The molecule has 0 spiro atoms. The van der Waals surface area contributed by atoms with Crippen LogP contribution in [0.4, 0.5) is 0 Å². The molecule has 1 aromatic heterocycles. The number of carbonyl (C=O) groups excluding carboxylic acids is 1. The molecule has 1 fully saturated rings. The zero-order chi connectivity index (χ0) is 18.4. The molecule has 0 saturated carbocycles. The summed E-state index contributed by atoms with van der Waals surface area (Å²) >= 11 is 1.53. The molecule has 7 heteroatoms. The lowest BCUT2D eigenvalue weighted by Gasteiger charge is -2.38. The summed E-state index contributed by atoms with van der Waals surface area (Å²) in [5, 5.41) is 15.4. The van der Waals surface area contributed by atoms with Gasteiger partial charge in [0.25, 0.3) is 0 Å². The van der Waals surface area contributed by atoms with Gasteiger partial charge in [0.15, 0.2) is 0 Å². The van der Waals surface area contributed by atoms with Crippen molar-refractivity contribution in [3.05, 3.63) is 52.0 Å². The summed E-state index contributed by atoms with van der Waals surface area (Å²) in [6, 6.07) is 10.0. The summed E-state index contributed by atoms with van der Waals surface area (Å²) < 4.78 is 0. The number of hydrogen-bond donors (Lipinski definition) is 2. The minimum Gasteiger partial charge on any atom is -0.395 e. The van der Waals surface area contributed by atoms with Gasteiger partial charge in [0.05, 0.1) is 18.7 Å². The number of amides is 1. The molecule has 3 rings (SSSR count). The van der Waals surface area contributed by atoms with Crippen LogP contribution < -0.4 is 5.32 Å². The van der Waals surface area contributed by atoms with E-state index in [4.69, 9.17) is 0 Å². The molecular formula is C19H26N4O2S. The molecule has 2 heterocycles. The molecule has 2 aromatic rings. The zero-order valence-corrected chi connectivity index (χ0v) is 15.9. The molecule has 1 amide bonds. The highest BCUT2D eigenvalue weighted by atomic mass is 32.1. The fraction of sp³-hybridized carbons (Fsp3) is 0.474. The molecule has 0 aliphatic carbocycles. The zero-order valence-electron chi connectivity index (χ0n) is 15.1. The third-order valence-corrected chi connectivity index (χ3v) is 5.52. The van der Waals surface area contributed by atoms with E-state index in [9.17, 15) is 9.90 Å². The number of aliphatic hydroxyl groups excluding tert-OH is 1. The van der Waals surface area contributed by atoms with Gasteiger partial charge in [-0.2, -0.15) is 0 Å². The highest BCUT2D eigenvalue weighted by molar-refractivity contribution is 7.09. The second kappa shape index (κ2) is 9.23. The van der Waals surface area contributed by atoms with Gasteiger partial charge < -0.3 is 15.3 Å². The van der Waals surface area contributed by atoms with Crippen molar-refractivity contribution in [1.82, 2.24) is 20.1 Å². The average Bonchev–Trinajstić information content (AvgIpc) is 3.09. The third kappa shape index (κ3) is 5.35. The third-order valence-electron chi connectivity index (χ3n) is 4.63. The summed E-state index contributed by atoms with van der Waals surface area (Å²) in [7, 11) is 2.08. The Morgan fingerprint density at radius 1 is 1.35 bits per heavy atom. The molecule has 6 nitrogen and oxygen atoms in total. The van der Waals surface area contributed by atoms with E-state index >= 15 is 0 Å². The van der Waals surface area contributed by atoms with Gasteiger partial charge in [-0.3, -0.25) is 9.69 Å². The monoisotopic (exact) mass is 374 g/mol. The SMILES string of the molecule is CN1CCN(Cc2csc(CC(=O)NCc3ccccc3)n2)C(CO)C1. The lowest BCUT2D eigenvalue weighted by molar-refractivity contribution is -0.120. The first kappa shape index (κ1) is 19.0. The summed E-state index contributed by atoms with van der Waals surface area (Å²) in [5.74, 6) is -0.0115. The standard InChI is InChI=1S/C19H26N4O2S/c1-22-7-8-23(17(12-22)13-24)11-16-14-26-19(21-16)9-18(25)20-10-15-5-3-2-4-6-15/h2-6,14,17,24H,7-13H2,1H3,(H,20,25). The van der Waals surface area contributed by atoms with Gasteiger partial charge in [0.2, 0.25) is 5.91 Å². The van der Waals surface area contributed by atoms with Crippen molar-refractivity contribution in [2.24, 2.45) is 0 Å². The largest absolute Gasteiger partial charge is 0.395 e. The van der Waals surface area contributed by atoms with Crippen molar-refractivity contribution in [1.29, 1.82) is 0 Å². The minimum absolute atomic E-state index is 0.0115. The fourth-order valence-electron chi connectivity index (χ4n) is 3.14. The average molecular weight is 375 g/mol. The second-order valence-corrected chi connectivity index (χ2v) is 7.68. The fourth-order valence-corrected chi connectivity index (χ4v) is 3.92. The van der Waals surface area contributed by atoms with E-state index in [1.54, 1.807) is 0 Å². The maximum Gasteiger partial charge on any atom is 0.227 e. The van der Waals surface area contributed by atoms with E-state index in [1.165, 1.54) is 11.3 Å². The highest BCUT2D eigenvalue weighted by Gasteiger charge is 2.25. The molecule has 0 bridgehead atoms. The molecule has 0 radical (unpaired) electrons. The highest BCUT2D eigenvalue weighted by Crippen LogP contribution is 2.16. The Labute approximate surface area is 158 Å². The van der Waals surface area contributed by atoms with Crippen LogP contribution in [0.5, 0.6) is 0 Å². The number of carbonyl (C=O) groups is 1. The molecule has 140 valence electrons. The van der Waals surface area contributed by atoms with Crippen LogP contribution in [0.3, 0.4) is 0 Å². The van der Waals surface area contributed by atoms with Crippen LogP contribution >= 0.6 is 11.3 Å². The number of nitrogens with zero attached hydrogens (tertiary/aromatic N) is 3. The van der Waals surface area contributed by atoms with Crippen LogP contribution in [0.1, 0.15) is 16.3 Å². The van der Waals surface area contributed by atoms with Gasteiger partial charge in [-0.1, -0.05) is 30.3 Å². The van der Waals surface area contributed by atoms with Crippen molar-refractivity contribution in [2.75, 3.05) is 33.3 Å². The number of thiazole rings is 1. The number of hydrogen-bond acceptors (Lipinski definition) is 6. The van der Waals surface area contributed by atoms with Crippen molar-refractivity contribution in [2.45, 2.75) is 25.6 Å². The van der Waals surface area contributed by atoms with Gasteiger partial charge in [-0.25, -0.2) is 4.98 Å². The Hall–Kier alpha value is -1.80. The van der Waals surface area contributed by atoms with E-state index in [2.05, 4.69) is 27.1 Å². The normalized spacial score (nSPS) is 18.8. The quantitative estimate of drug-likeness (QED) is 0.760. The Morgan fingerprint density at radius 3 is 2.92 bits per heavy atom. The summed E-state index contributed by atoms with van der Waals surface area (Å²) in [6.07, 6.45) is 0.309. The molecule has 1 unspecified atom stereocenters. The Bertz CT molecular complexity index is 707. The van der Waals surface area contributed by atoms with Crippen LogP contribution in [-0.2, 0) is 24.3 Å². The maximum atomic E-state index is 12.1. The minimum atomic E-state index is -0.0115. The molecule has 1 aliphatic rings. The predicted octanol–water partition coefficient (Wildman–Crippen LogP) is 1.11. The van der Waals surface area contributed by atoms with E-state index < -0.39 is 0 Å². The number of likely N-dealkylation sites (N-methyl/N-ethyl adjacent to an activating group) is 1. The van der Waals surface area contributed by atoms with Crippen LogP contribution in [0.2, 0.25) is 0 Å². The summed E-state index contributed by atoms with van der Waals surface area (Å²) in [5.41, 5.74) is 2.06. The number of nitrogens with one attached hydrogen (secondary N) is 1. The van der Waals surface area contributed by atoms with E-state index in [1.807, 2.05) is 35.7 Å². The second-order valence-electron chi connectivity index (χ2n) is 6.74. The smallest absolute Gasteiger partial charge is 0.227 e. The topological polar surface area (TPSA) is 68.7 Å². The first-order valence-electron chi connectivity index (χ1n) is 8.91. The number of aliphatic hydroxyl groups is 1. The summed E-state index contributed by atoms with van der Waals surface area (Å²) in [4.78, 5) is 21.2. The van der Waals surface area contributed by atoms with Crippen LogP contribution in [-0.4, -0.2) is 65.1 Å². The van der Waals surface area contributed by atoms with Crippen molar-refractivity contribution in [3.8, 4) is 0 Å². The van der Waals surface area contributed by atoms with Gasteiger partial charge in [-0.05, 0) is 12.6 Å². The predicted molar refractivity (Wildman–Crippen MR) is 103 cm³/mol. The maximum absolute atomic E-state index is 12.1. The van der Waals surface area contributed by atoms with Crippen LogP contribution in [0.15, 0.2) is 35.7 Å². The van der Waals surface area contributed by atoms with Crippen LogP contribution in [0, 0.1) is 0 Å². The Balaban J connectivity index is 1.49. The Kier molecular flexibility index (Phi) is 6.73. The number of rotatable bonds is 7. The first-order chi connectivity index (χ1) is 12.6. The van der Waals surface area contributed by atoms with Crippen molar-refractivity contribution >= 4 is 17.2 Å². The first-order valence-corrected chi connectivity index (χ1v) is 9.79. The number of piperazine rings is 1. The molecule has 1 aromatic carbocycles. The Morgan fingerprint density at radius 2 is 2.15 bits per heavy atom. The van der Waals surface area contributed by atoms with Gasteiger partial charge in [-0.15, -0.1) is 11.3 Å². The molecule has 1 atom stereocenters. The van der Waals surface area contributed by atoms with Gasteiger partial charge >= 0.3 is 0 Å². The van der Waals surface area contributed by atoms with Crippen LogP contribution in [0.25, 0.3) is 0 Å². The number of aromatic nitrogens is 1. The molecule has 2 N–H and O–H groups in total. The molecule has 1 aliphatic heterocycles. The van der Waals surface area contributed by atoms with Gasteiger partial charge in [0.1, 0.15) is 5.01 Å². The number of benzene rings is 1. The van der Waals surface area contributed by atoms with E-state index in [-0.39, 0.29) is 18.6 Å². The van der Waals surface area contributed by atoms with Gasteiger partial charge in [0, 0.05) is 44.1 Å². The van der Waals surface area contributed by atoms with E-state index in [0.29, 0.717) is 13.0 Å². The lowest BCUT2D eigenvalue weighted by Crippen LogP contribution is -2.52.